The molecule has 0 radical (unpaired) electrons. The number of carbonyl (C=O) groups excluding carboxylic acids is 2. The highest BCUT2D eigenvalue weighted by molar-refractivity contribution is 5.98. The van der Waals surface area contributed by atoms with E-state index in [4.69, 9.17) is 0 Å². The number of benzene rings is 4. The van der Waals surface area contributed by atoms with E-state index in [9.17, 15) is 9.59 Å². The molecule has 5 nitrogen and oxygen atoms in total. The summed E-state index contributed by atoms with van der Waals surface area (Å²) < 4.78 is 0. The maximum atomic E-state index is 13.9. The zero-order valence-electron chi connectivity index (χ0n) is 23.3. The van der Waals surface area contributed by atoms with E-state index in [0.29, 0.717) is 25.2 Å². The molecule has 1 heterocycles. The van der Waals surface area contributed by atoms with E-state index >= 15 is 0 Å². The SMILES string of the molecule is CCCC[C@@H]1N[C@H](CNC(=O)c2ccc3ccccc3c2)CCN(CC(c2ccccc2)c2ccccc2)C1=O. The van der Waals surface area contributed by atoms with Crippen molar-refractivity contribution in [3.63, 3.8) is 0 Å². The number of carbonyl (C=O) groups is 2. The fourth-order valence-corrected chi connectivity index (χ4v) is 5.68. The molecule has 206 valence electrons. The van der Waals surface area contributed by atoms with Crippen LogP contribution in [-0.2, 0) is 4.79 Å². The van der Waals surface area contributed by atoms with Crippen molar-refractivity contribution in [2.45, 2.75) is 50.6 Å². The summed E-state index contributed by atoms with van der Waals surface area (Å²) in [5.74, 6) is 0.175. The molecule has 1 saturated heterocycles. The molecular formula is C35H39N3O2. The second kappa shape index (κ2) is 13.4. The van der Waals surface area contributed by atoms with Gasteiger partial charge in [-0.2, -0.15) is 0 Å². The molecule has 1 aliphatic rings. The Morgan fingerprint density at radius 2 is 1.55 bits per heavy atom. The lowest BCUT2D eigenvalue weighted by atomic mass is 9.90. The van der Waals surface area contributed by atoms with Crippen LogP contribution in [0.5, 0.6) is 0 Å². The van der Waals surface area contributed by atoms with Crippen molar-refractivity contribution < 1.29 is 9.59 Å². The van der Waals surface area contributed by atoms with Gasteiger partial charge in [-0.3, -0.25) is 9.59 Å². The Hall–Kier alpha value is -3.96. The van der Waals surface area contributed by atoms with Crippen molar-refractivity contribution in [3.05, 3.63) is 120 Å². The average molecular weight is 534 g/mol. The molecule has 1 fully saturated rings. The van der Waals surface area contributed by atoms with Crippen LogP contribution in [0, 0.1) is 0 Å². The van der Waals surface area contributed by atoms with E-state index in [1.165, 1.54) is 11.1 Å². The molecule has 5 heteroatoms. The molecule has 2 amide bonds. The zero-order valence-corrected chi connectivity index (χ0v) is 23.3. The highest BCUT2D eigenvalue weighted by atomic mass is 16.2. The Labute approximate surface area is 237 Å². The molecule has 0 saturated carbocycles. The molecule has 0 aromatic heterocycles. The smallest absolute Gasteiger partial charge is 0.251 e. The van der Waals surface area contributed by atoms with E-state index in [1.807, 2.05) is 59.5 Å². The van der Waals surface area contributed by atoms with Crippen molar-refractivity contribution in [2.75, 3.05) is 19.6 Å². The molecule has 1 aliphatic heterocycles. The Bertz CT molecular complexity index is 1370. The van der Waals surface area contributed by atoms with Crippen LogP contribution in [0.3, 0.4) is 0 Å². The Morgan fingerprint density at radius 1 is 0.900 bits per heavy atom. The first kappa shape index (κ1) is 27.6. The zero-order chi connectivity index (χ0) is 27.7. The first-order valence-corrected chi connectivity index (χ1v) is 14.5. The normalized spacial score (nSPS) is 17.6. The van der Waals surface area contributed by atoms with Crippen LogP contribution >= 0.6 is 0 Å². The summed E-state index contributed by atoms with van der Waals surface area (Å²) in [7, 11) is 0. The van der Waals surface area contributed by atoms with Crippen LogP contribution in [-0.4, -0.2) is 48.4 Å². The van der Waals surface area contributed by atoms with Crippen molar-refractivity contribution >= 4 is 22.6 Å². The van der Waals surface area contributed by atoms with E-state index in [1.54, 1.807) is 0 Å². The average Bonchev–Trinajstić information content (AvgIpc) is 3.16. The fourth-order valence-electron chi connectivity index (χ4n) is 5.68. The van der Waals surface area contributed by atoms with Gasteiger partial charge in [-0.15, -0.1) is 0 Å². The van der Waals surface area contributed by atoms with Gasteiger partial charge in [0, 0.05) is 37.2 Å². The quantitative estimate of drug-likeness (QED) is 0.257. The summed E-state index contributed by atoms with van der Waals surface area (Å²) in [6.45, 7) is 3.92. The van der Waals surface area contributed by atoms with Gasteiger partial charge in [-0.25, -0.2) is 0 Å². The van der Waals surface area contributed by atoms with Gasteiger partial charge >= 0.3 is 0 Å². The van der Waals surface area contributed by atoms with Crippen LogP contribution < -0.4 is 10.6 Å². The fraction of sp³-hybridized carbons (Fsp3) is 0.314. The predicted molar refractivity (Wildman–Crippen MR) is 162 cm³/mol. The van der Waals surface area contributed by atoms with Crippen LogP contribution in [0.1, 0.15) is 60.0 Å². The lowest BCUT2D eigenvalue weighted by molar-refractivity contribution is -0.133. The molecule has 4 aromatic rings. The van der Waals surface area contributed by atoms with E-state index in [-0.39, 0.29) is 29.8 Å². The molecular weight excluding hydrogens is 494 g/mol. The van der Waals surface area contributed by atoms with Crippen molar-refractivity contribution in [2.24, 2.45) is 0 Å². The van der Waals surface area contributed by atoms with Crippen LogP contribution in [0.2, 0.25) is 0 Å². The Balaban J connectivity index is 1.30. The van der Waals surface area contributed by atoms with Crippen molar-refractivity contribution in [1.29, 1.82) is 0 Å². The summed E-state index contributed by atoms with van der Waals surface area (Å²) in [6.07, 6.45) is 3.59. The highest BCUT2D eigenvalue weighted by Gasteiger charge is 2.32. The van der Waals surface area contributed by atoms with Gasteiger partial charge in [0.2, 0.25) is 5.91 Å². The minimum absolute atomic E-state index is 0.0205. The largest absolute Gasteiger partial charge is 0.350 e. The molecule has 0 aliphatic carbocycles. The van der Waals surface area contributed by atoms with Gasteiger partial charge in [0.25, 0.3) is 5.91 Å². The number of unbranched alkanes of at least 4 members (excludes halogenated alkanes) is 1. The maximum absolute atomic E-state index is 13.9. The number of fused-ring (bicyclic) bond motifs is 1. The van der Waals surface area contributed by atoms with Crippen LogP contribution in [0.4, 0.5) is 0 Å². The van der Waals surface area contributed by atoms with Gasteiger partial charge in [-0.1, -0.05) is 111 Å². The van der Waals surface area contributed by atoms with Gasteiger partial charge in [-0.05, 0) is 46.9 Å². The topological polar surface area (TPSA) is 61.4 Å². The third-order valence-electron chi connectivity index (χ3n) is 7.97. The number of rotatable bonds is 10. The number of hydrogen-bond donors (Lipinski definition) is 2. The minimum Gasteiger partial charge on any atom is -0.350 e. The molecule has 0 unspecified atom stereocenters. The van der Waals surface area contributed by atoms with Gasteiger partial charge < -0.3 is 15.5 Å². The molecule has 40 heavy (non-hydrogen) atoms. The number of hydrogen-bond acceptors (Lipinski definition) is 3. The minimum atomic E-state index is -0.253. The predicted octanol–water partition coefficient (Wildman–Crippen LogP) is 6.15. The summed E-state index contributed by atoms with van der Waals surface area (Å²) in [4.78, 5) is 28.9. The van der Waals surface area contributed by atoms with Crippen LogP contribution in [0.15, 0.2) is 103 Å². The van der Waals surface area contributed by atoms with Gasteiger partial charge in [0.1, 0.15) is 0 Å². The molecule has 4 aromatic carbocycles. The monoisotopic (exact) mass is 533 g/mol. The summed E-state index contributed by atoms with van der Waals surface area (Å²) in [5.41, 5.74) is 3.08. The molecule has 5 rings (SSSR count). The van der Waals surface area contributed by atoms with E-state index in [0.717, 1.165) is 36.5 Å². The summed E-state index contributed by atoms with van der Waals surface area (Å²) in [6, 6.07) is 34.6. The molecule has 0 bridgehead atoms. The number of amides is 2. The maximum Gasteiger partial charge on any atom is 0.251 e. The summed E-state index contributed by atoms with van der Waals surface area (Å²) >= 11 is 0. The Kier molecular flexibility index (Phi) is 9.25. The van der Waals surface area contributed by atoms with E-state index < -0.39 is 0 Å². The van der Waals surface area contributed by atoms with Crippen molar-refractivity contribution in [3.8, 4) is 0 Å². The highest BCUT2D eigenvalue weighted by Crippen LogP contribution is 2.27. The second-order valence-corrected chi connectivity index (χ2v) is 10.8. The molecule has 0 spiro atoms. The standard InChI is InChI=1S/C35H39N3O2/c1-2-3-18-33-35(40)38(25-32(27-13-6-4-7-14-27)28-15-8-5-9-16-28)22-21-31(37-33)24-36-34(39)30-20-19-26-12-10-11-17-29(26)23-30/h4-17,19-20,23,31-33,37H,2-3,18,21-22,24-25H2,1H3,(H,36,39)/t31-,33-/m0/s1. The van der Waals surface area contributed by atoms with E-state index in [2.05, 4.69) is 66.1 Å². The van der Waals surface area contributed by atoms with Gasteiger partial charge in [0.15, 0.2) is 0 Å². The van der Waals surface area contributed by atoms with Crippen LogP contribution in [0.25, 0.3) is 10.8 Å². The number of nitrogens with one attached hydrogen (secondary N) is 2. The molecule has 2 atom stereocenters. The third-order valence-corrected chi connectivity index (χ3v) is 7.97. The first-order chi connectivity index (χ1) is 19.6. The first-order valence-electron chi connectivity index (χ1n) is 14.5. The molecule has 2 N–H and O–H groups in total. The number of nitrogens with zero attached hydrogens (tertiary/aromatic N) is 1. The lowest BCUT2D eigenvalue weighted by Crippen LogP contribution is -2.49. The Morgan fingerprint density at radius 3 is 2.23 bits per heavy atom. The van der Waals surface area contributed by atoms with Gasteiger partial charge in [0.05, 0.1) is 6.04 Å². The lowest BCUT2D eigenvalue weighted by Gasteiger charge is -2.29. The summed E-state index contributed by atoms with van der Waals surface area (Å²) in [5, 5.41) is 8.91. The second-order valence-electron chi connectivity index (χ2n) is 10.8. The van der Waals surface area contributed by atoms with Crippen molar-refractivity contribution in [1.82, 2.24) is 15.5 Å². The third kappa shape index (κ3) is 6.78.